The quantitative estimate of drug-likeness (QED) is 0.766. The van der Waals surface area contributed by atoms with E-state index in [-0.39, 0.29) is 0 Å². The van der Waals surface area contributed by atoms with Gasteiger partial charge >= 0.3 is 5.97 Å². The highest BCUT2D eigenvalue weighted by Crippen LogP contribution is 2.23. The number of hydrogen-bond acceptors (Lipinski definition) is 2. The number of carbonyl (C=O) groups is 1. The Labute approximate surface area is 80.8 Å². The highest BCUT2D eigenvalue weighted by molar-refractivity contribution is 5.80. The van der Waals surface area contributed by atoms with Gasteiger partial charge in [-0.3, -0.25) is 4.79 Å². The third kappa shape index (κ3) is 1.75. The SMILES string of the molecule is CC(CO)(C(=O)O)c1ccc(F)cc1. The number of hydrogen-bond donors (Lipinski definition) is 2. The first-order valence-corrected chi connectivity index (χ1v) is 4.11. The van der Waals surface area contributed by atoms with Gasteiger partial charge in [0, 0.05) is 0 Å². The predicted molar refractivity (Wildman–Crippen MR) is 48.5 cm³/mol. The second-order valence-corrected chi connectivity index (χ2v) is 3.30. The molecule has 0 heterocycles. The van der Waals surface area contributed by atoms with Crippen LogP contribution >= 0.6 is 0 Å². The van der Waals surface area contributed by atoms with E-state index in [0.29, 0.717) is 5.56 Å². The Balaban J connectivity index is 3.13. The van der Waals surface area contributed by atoms with Crippen LogP contribution in [0.4, 0.5) is 4.39 Å². The molecule has 1 rings (SSSR count). The molecule has 0 aliphatic heterocycles. The Morgan fingerprint density at radius 3 is 2.29 bits per heavy atom. The fourth-order valence-electron chi connectivity index (χ4n) is 1.10. The highest BCUT2D eigenvalue weighted by Gasteiger charge is 2.34. The number of aliphatic hydroxyl groups is 1. The molecule has 0 spiro atoms. The maximum Gasteiger partial charge on any atom is 0.316 e. The normalized spacial score (nSPS) is 14.8. The predicted octanol–water partition coefficient (Wildman–Crippen LogP) is 1.16. The molecule has 0 saturated carbocycles. The lowest BCUT2D eigenvalue weighted by Crippen LogP contribution is -2.36. The molecule has 0 amide bonds. The summed E-state index contributed by atoms with van der Waals surface area (Å²) in [5.41, 5.74) is -0.984. The lowest BCUT2D eigenvalue weighted by molar-refractivity contribution is -0.144. The maximum atomic E-state index is 12.6. The Morgan fingerprint density at radius 1 is 1.43 bits per heavy atom. The smallest absolute Gasteiger partial charge is 0.316 e. The standard InChI is InChI=1S/C10H11FO3/c1-10(6-12,9(13)14)7-2-4-8(11)5-3-7/h2-5,12H,6H2,1H3,(H,13,14). The van der Waals surface area contributed by atoms with Crippen molar-refractivity contribution in [1.82, 2.24) is 0 Å². The molecule has 14 heavy (non-hydrogen) atoms. The number of aliphatic carboxylic acids is 1. The van der Waals surface area contributed by atoms with Crippen molar-refractivity contribution in [3.8, 4) is 0 Å². The molecule has 2 N–H and O–H groups in total. The molecule has 1 aromatic carbocycles. The third-order valence-corrected chi connectivity index (χ3v) is 2.27. The van der Waals surface area contributed by atoms with Gasteiger partial charge in [0.15, 0.2) is 0 Å². The molecule has 4 heteroatoms. The van der Waals surface area contributed by atoms with E-state index in [4.69, 9.17) is 10.2 Å². The summed E-state index contributed by atoms with van der Waals surface area (Å²) in [5, 5.41) is 17.9. The van der Waals surface area contributed by atoms with Crippen molar-refractivity contribution in [3.63, 3.8) is 0 Å². The monoisotopic (exact) mass is 198 g/mol. The van der Waals surface area contributed by atoms with Gasteiger partial charge in [-0.2, -0.15) is 0 Å². The molecular weight excluding hydrogens is 187 g/mol. The number of aliphatic hydroxyl groups excluding tert-OH is 1. The van der Waals surface area contributed by atoms with Crippen LogP contribution in [0, 0.1) is 5.82 Å². The Hall–Kier alpha value is -1.42. The summed E-state index contributed by atoms with van der Waals surface area (Å²) < 4.78 is 12.6. The highest BCUT2D eigenvalue weighted by atomic mass is 19.1. The van der Waals surface area contributed by atoms with Crippen LogP contribution < -0.4 is 0 Å². The largest absolute Gasteiger partial charge is 0.481 e. The van der Waals surface area contributed by atoms with Crippen LogP contribution in [0.1, 0.15) is 12.5 Å². The van der Waals surface area contributed by atoms with Gasteiger partial charge in [0.1, 0.15) is 11.2 Å². The molecule has 0 fully saturated rings. The average molecular weight is 198 g/mol. The topological polar surface area (TPSA) is 57.5 Å². The van der Waals surface area contributed by atoms with Gasteiger partial charge in [-0.15, -0.1) is 0 Å². The summed E-state index contributed by atoms with van der Waals surface area (Å²) in [7, 11) is 0. The summed E-state index contributed by atoms with van der Waals surface area (Å²) in [4.78, 5) is 10.9. The molecule has 76 valence electrons. The summed E-state index contributed by atoms with van der Waals surface area (Å²) in [6.07, 6.45) is 0. The van der Waals surface area contributed by atoms with Gasteiger partial charge in [0.05, 0.1) is 6.61 Å². The lowest BCUT2D eigenvalue weighted by atomic mass is 9.83. The average Bonchev–Trinajstić information content (AvgIpc) is 2.17. The van der Waals surface area contributed by atoms with Gasteiger partial charge in [0.2, 0.25) is 0 Å². The van der Waals surface area contributed by atoms with Gasteiger partial charge in [0.25, 0.3) is 0 Å². The molecule has 1 aromatic rings. The number of benzene rings is 1. The zero-order chi connectivity index (χ0) is 10.8. The van der Waals surface area contributed by atoms with E-state index in [2.05, 4.69) is 0 Å². The van der Waals surface area contributed by atoms with E-state index in [0.717, 1.165) is 0 Å². The van der Waals surface area contributed by atoms with Crippen LogP contribution in [-0.4, -0.2) is 22.8 Å². The Kier molecular flexibility index (Phi) is 2.86. The van der Waals surface area contributed by atoms with E-state index < -0.39 is 23.8 Å². The van der Waals surface area contributed by atoms with Crippen molar-refractivity contribution in [2.24, 2.45) is 0 Å². The number of carboxylic acids is 1. The zero-order valence-corrected chi connectivity index (χ0v) is 7.70. The number of carboxylic acid groups (broad SMARTS) is 1. The lowest BCUT2D eigenvalue weighted by Gasteiger charge is -2.22. The summed E-state index contributed by atoms with van der Waals surface area (Å²) in [6.45, 7) is 0.872. The minimum absolute atomic E-state index is 0.383. The number of rotatable bonds is 3. The first kappa shape index (κ1) is 10.7. The van der Waals surface area contributed by atoms with Crippen LogP contribution in [-0.2, 0) is 10.2 Å². The van der Waals surface area contributed by atoms with E-state index in [9.17, 15) is 9.18 Å². The molecule has 0 aliphatic rings. The van der Waals surface area contributed by atoms with Crippen molar-refractivity contribution in [3.05, 3.63) is 35.6 Å². The van der Waals surface area contributed by atoms with E-state index in [1.165, 1.54) is 31.2 Å². The summed E-state index contributed by atoms with van der Waals surface area (Å²) >= 11 is 0. The van der Waals surface area contributed by atoms with E-state index in [1.54, 1.807) is 0 Å². The molecular formula is C10H11FO3. The zero-order valence-electron chi connectivity index (χ0n) is 7.70. The molecule has 1 unspecified atom stereocenters. The van der Waals surface area contributed by atoms with E-state index in [1.807, 2.05) is 0 Å². The Morgan fingerprint density at radius 2 is 1.93 bits per heavy atom. The molecule has 0 radical (unpaired) electrons. The fraction of sp³-hybridized carbons (Fsp3) is 0.300. The van der Waals surface area contributed by atoms with Gasteiger partial charge in [-0.1, -0.05) is 12.1 Å². The van der Waals surface area contributed by atoms with Gasteiger partial charge in [-0.05, 0) is 24.6 Å². The Bertz CT molecular complexity index is 334. The first-order chi connectivity index (χ1) is 6.50. The van der Waals surface area contributed by atoms with Gasteiger partial charge in [-0.25, -0.2) is 4.39 Å². The van der Waals surface area contributed by atoms with E-state index >= 15 is 0 Å². The maximum absolute atomic E-state index is 12.6. The minimum Gasteiger partial charge on any atom is -0.481 e. The van der Waals surface area contributed by atoms with Crippen LogP contribution in [0.3, 0.4) is 0 Å². The van der Waals surface area contributed by atoms with Gasteiger partial charge < -0.3 is 10.2 Å². The van der Waals surface area contributed by atoms with Crippen molar-refractivity contribution >= 4 is 5.97 Å². The van der Waals surface area contributed by atoms with Crippen molar-refractivity contribution in [2.45, 2.75) is 12.3 Å². The third-order valence-electron chi connectivity index (χ3n) is 2.27. The second kappa shape index (κ2) is 3.75. The molecule has 0 saturated heterocycles. The molecule has 1 atom stereocenters. The van der Waals surface area contributed by atoms with Crippen molar-refractivity contribution in [2.75, 3.05) is 6.61 Å². The van der Waals surface area contributed by atoms with Crippen LogP contribution in [0.25, 0.3) is 0 Å². The summed E-state index contributed by atoms with van der Waals surface area (Å²) in [6, 6.07) is 5.07. The number of halogens is 1. The second-order valence-electron chi connectivity index (χ2n) is 3.30. The minimum atomic E-state index is -1.37. The van der Waals surface area contributed by atoms with Crippen molar-refractivity contribution in [1.29, 1.82) is 0 Å². The molecule has 0 aromatic heterocycles. The van der Waals surface area contributed by atoms with Crippen LogP contribution in [0.2, 0.25) is 0 Å². The molecule has 0 aliphatic carbocycles. The van der Waals surface area contributed by atoms with Crippen LogP contribution in [0.15, 0.2) is 24.3 Å². The summed E-state index contributed by atoms with van der Waals surface area (Å²) in [5.74, 6) is -1.56. The molecule has 3 nitrogen and oxygen atoms in total. The van der Waals surface area contributed by atoms with Crippen molar-refractivity contribution < 1.29 is 19.4 Å². The first-order valence-electron chi connectivity index (χ1n) is 4.11. The fourth-order valence-corrected chi connectivity index (χ4v) is 1.10. The van der Waals surface area contributed by atoms with Crippen LogP contribution in [0.5, 0.6) is 0 Å². The molecule has 0 bridgehead atoms.